The highest BCUT2D eigenvalue weighted by Crippen LogP contribution is 2.32. The molecule has 0 saturated heterocycles. The summed E-state index contributed by atoms with van der Waals surface area (Å²) in [6.45, 7) is 4.25. The Morgan fingerprint density at radius 2 is 2.04 bits per heavy atom. The highest BCUT2D eigenvalue weighted by Gasteiger charge is 2.22. The lowest BCUT2D eigenvalue weighted by Gasteiger charge is -2.23. The molecule has 0 bridgehead atoms. The average molecular weight is 333 g/mol. The van der Waals surface area contributed by atoms with Crippen LogP contribution in [0.5, 0.6) is 0 Å². The van der Waals surface area contributed by atoms with E-state index in [1.54, 1.807) is 0 Å². The second kappa shape index (κ2) is 6.47. The number of nitrogens with zero attached hydrogens (tertiary/aromatic N) is 3. The van der Waals surface area contributed by atoms with Crippen LogP contribution < -0.4 is 0 Å². The second-order valence-electron chi connectivity index (χ2n) is 6.84. The van der Waals surface area contributed by atoms with Crippen LogP contribution in [0.1, 0.15) is 29.3 Å². The predicted octanol–water partition coefficient (Wildman–Crippen LogP) is 3.53. The Labute approximate surface area is 148 Å². The van der Waals surface area contributed by atoms with Gasteiger partial charge >= 0.3 is 0 Å². The fourth-order valence-corrected chi connectivity index (χ4v) is 3.70. The number of aliphatic hydroxyl groups is 1. The van der Waals surface area contributed by atoms with Crippen LogP contribution >= 0.6 is 0 Å². The maximum atomic E-state index is 9.52. The third-order valence-electron chi connectivity index (χ3n) is 5.08. The summed E-state index contributed by atoms with van der Waals surface area (Å²) in [4.78, 5) is 6.47. The van der Waals surface area contributed by atoms with Crippen molar-refractivity contribution in [1.82, 2.24) is 14.5 Å². The van der Waals surface area contributed by atoms with E-state index in [1.807, 2.05) is 30.6 Å². The van der Waals surface area contributed by atoms with Gasteiger partial charge in [0, 0.05) is 49.2 Å². The molecule has 1 aromatic carbocycles. The summed E-state index contributed by atoms with van der Waals surface area (Å²) in [5.41, 5.74) is 7.36. The smallest absolute Gasteiger partial charge is 0.0682 e. The maximum Gasteiger partial charge on any atom is 0.0682 e. The van der Waals surface area contributed by atoms with Crippen molar-refractivity contribution < 1.29 is 5.11 Å². The second-order valence-corrected chi connectivity index (χ2v) is 6.84. The highest BCUT2D eigenvalue weighted by atomic mass is 16.3. The van der Waals surface area contributed by atoms with Crippen LogP contribution in [-0.4, -0.2) is 33.1 Å². The van der Waals surface area contributed by atoms with E-state index in [0.29, 0.717) is 0 Å². The summed E-state index contributed by atoms with van der Waals surface area (Å²) in [7, 11) is 2.17. The van der Waals surface area contributed by atoms with Crippen molar-refractivity contribution in [2.75, 3.05) is 13.6 Å². The van der Waals surface area contributed by atoms with Crippen molar-refractivity contribution in [3.05, 3.63) is 65.1 Å². The number of rotatable bonds is 3. The highest BCUT2D eigenvalue weighted by molar-refractivity contribution is 5.90. The topological polar surface area (TPSA) is 41.3 Å². The summed E-state index contributed by atoms with van der Waals surface area (Å²) in [5.74, 6) is 0. The lowest BCUT2D eigenvalue weighted by Crippen LogP contribution is -2.26. The van der Waals surface area contributed by atoms with Crippen LogP contribution in [-0.2, 0) is 19.6 Å². The number of aliphatic hydroxyl groups excluding tert-OH is 1. The van der Waals surface area contributed by atoms with Crippen molar-refractivity contribution in [3.63, 3.8) is 0 Å². The van der Waals surface area contributed by atoms with Crippen molar-refractivity contribution in [2.24, 2.45) is 0 Å². The van der Waals surface area contributed by atoms with E-state index in [2.05, 4.69) is 46.8 Å². The molecule has 3 heterocycles. The zero-order valence-electron chi connectivity index (χ0n) is 14.7. The van der Waals surface area contributed by atoms with Gasteiger partial charge in [-0.25, -0.2) is 0 Å². The van der Waals surface area contributed by atoms with Crippen molar-refractivity contribution in [3.8, 4) is 0 Å². The van der Waals surface area contributed by atoms with Gasteiger partial charge in [0.25, 0.3) is 0 Å². The molecule has 4 nitrogen and oxygen atoms in total. The Morgan fingerprint density at radius 1 is 1.24 bits per heavy atom. The Morgan fingerprint density at radius 3 is 2.80 bits per heavy atom. The third-order valence-corrected chi connectivity index (χ3v) is 5.08. The van der Waals surface area contributed by atoms with Crippen molar-refractivity contribution in [1.29, 1.82) is 0 Å². The first kappa shape index (κ1) is 16.1. The van der Waals surface area contributed by atoms with Crippen LogP contribution in [0.25, 0.3) is 22.7 Å². The lowest BCUT2D eigenvalue weighted by atomic mass is 10.0. The van der Waals surface area contributed by atoms with E-state index in [1.165, 1.54) is 33.3 Å². The van der Waals surface area contributed by atoms with Crippen molar-refractivity contribution in [2.45, 2.75) is 26.5 Å². The van der Waals surface area contributed by atoms with Gasteiger partial charge in [0.05, 0.1) is 12.1 Å². The summed E-state index contributed by atoms with van der Waals surface area (Å²) in [6, 6.07) is 10.4. The Hall–Kier alpha value is -2.43. The van der Waals surface area contributed by atoms with Crippen LogP contribution in [0, 0.1) is 0 Å². The van der Waals surface area contributed by atoms with Gasteiger partial charge in [0.15, 0.2) is 0 Å². The van der Waals surface area contributed by atoms with Gasteiger partial charge < -0.3 is 14.6 Å². The normalized spacial score (nSPS) is 15.6. The number of aromatic nitrogens is 2. The van der Waals surface area contributed by atoms with Crippen LogP contribution in [0.2, 0.25) is 0 Å². The van der Waals surface area contributed by atoms with Gasteiger partial charge in [-0.15, -0.1) is 0 Å². The quantitative estimate of drug-likeness (QED) is 0.797. The molecule has 0 fully saturated rings. The van der Waals surface area contributed by atoms with E-state index in [9.17, 15) is 5.11 Å². The van der Waals surface area contributed by atoms with Gasteiger partial charge in [0.2, 0.25) is 0 Å². The lowest BCUT2D eigenvalue weighted by molar-refractivity contribution is 0.282. The first-order valence-corrected chi connectivity index (χ1v) is 8.70. The Balaban J connectivity index is 1.91. The molecule has 1 aliphatic rings. The molecule has 25 heavy (non-hydrogen) atoms. The van der Waals surface area contributed by atoms with Crippen LogP contribution in [0.15, 0.2) is 42.7 Å². The van der Waals surface area contributed by atoms with E-state index >= 15 is 0 Å². The van der Waals surface area contributed by atoms with Gasteiger partial charge in [-0.3, -0.25) is 4.98 Å². The zero-order valence-corrected chi connectivity index (χ0v) is 14.7. The number of pyridine rings is 1. The molecule has 3 aromatic rings. The Bertz CT molecular complexity index is 941. The fraction of sp³-hybridized carbons (Fsp3) is 0.286. The summed E-state index contributed by atoms with van der Waals surface area (Å²) in [6.07, 6.45) is 6.94. The zero-order chi connectivity index (χ0) is 17.4. The number of fused-ring (bicyclic) bond motifs is 3. The number of hydrogen-bond acceptors (Lipinski definition) is 3. The summed E-state index contributed by atoms with van der Waals surface area (Å²) in [5, 5.41) is 10.8. The molecule has 1 aliphatic heterocycles. The standard InChI is InChI=1S/C21H23N3O/c1-15(17-5-8-22-9-6-17)12-24-20-4-3-16(14-25)11-18(20)19-13-23(2)10-7-21(19)24/h3-6,8-9,11-12,25H,7,10,13-14H2,1-2H3/b15-12-. The minimum atomic E-state index is 0.0810. The maximum absolute atomic E-state index is 9.52. The van der Waals surface area contributed by atoms with E-state index in [4.69, 9.17) is 0 Å². The van der Waals surface area contributed by atoms with E-state index in [-0.39, 0.29) is 6.61 Å². The van der Waals surface area contributed by atoms with E-state index < -0.39 is 0 Å². The monoisotopic (exact) mass is 333 g/mol. The molecule has 4 rings (SSSR count). The molecule has 0 amide bonds. The molecule has 0 saturated carbocycles. The van der Waals surface area contributed by atoms with E-state index in [0.717, 1.165) is 25.1 Å². The van der Waals surface area contributed by atoms with Crippen molar-refractivity contribution >= 4 is 22.7 Å². The van der Waals surface area contributed by atoms with Crippen LogP contribution in [0.4, 0.5) is 0 Å². The van der Waals surface area contributed by atoms with Gasteiger partial charge in [-0.05, 0) is 60.5 Å². The summed E-state index contributed by atoms with van der Waals surface area (Å²) < 4.78 is 2.34. The minimum Gasteiger partial charge on any atom is -0.392 e. The number of hydrogen-bond donors (Lipinski definition) is 1. The van der Waals surface area contributed by atoms with Crippen LogP contribution in [0.3, 0.4) is 0 Å². The first-order valence-electron chi connectivity index (χ1n) is 8.70. The minimum absolute atomic E-state index is 0.0810. The molecule has 0 unspecified atom stereocenters. The molecule has 0 spiro atoms. The molecule has 4 heteroatoms. The molecule has 0 radical (unpaired) electrons. The largest absolute Gasteiger partial charge is 0.392 e. The molecule has 0 atom stereocenters. The SMILES string of the molecule is C/C(=C/n1c2c(c3cc(CO)ccc31)CN(C)CC2)c1ccncc1. The van der Waals surface area contributed by atoms with Gasteiger partial charge in [-0.2, -0.15) is 0 Å². The molecule has 2 aromatic heterocycles. The molecule has 0 aliphatic carbocycles. The third kappa shape index (κ3) is 2.88. The first-order chi connectivity index (χ1) is 12.2. The molecular formula is C21H23N3O. The predicted molar refractivity (Wildman–Crippen MR) is 102 cm³/mol. The van der Waals surface area contributed by atoms with Gasteiger partial charge in [-0.1, -0.05) is 6.07 Å². The molecule has 128 valence electrons. The average Bonchev–Trinajstić information content (AvgIpc) is 2.95. The number of likely N-dealkylation sites (N-methyl/N-ethyl adjacent to an activating group) is 1. The Kier molecular flexibility index (Phi) is 4.15. The number of allylic oxidation sites excluding steroid dienone is 1. The number of benzene rings is 1. The summed E-state index contributed by atoms with van der Waals surface area (Å²) >= 11 is 0. The molecule has 1 N–H and O–H groups in total. The van der Waals surface area contributed by atoms with Gasteiger partial charge in [0.1, 0.15) is 0 Å². The fourth-order valence-electron chi connectivity index (χ4n) is 3.70. The molecular weight excluding hydrogens is 310 g/mol.